The van der Waals surface area contributed by atoms with Gasteiger partial charge in [-0.25, -0.2) is 4.98 Å². The van der Waals surface area contributed by atoms with E-state index in [0.29, 0.717) is 22.7 Å². The summed E-state index contributed by atoms with van der Waals surface area (Å²) in [5.41, 5.74) is -0.588. The van der Waals surface area contributed by atoms with E-state index in [9.17, 15) is 4.79 Å². The van der Waals surface area contributed by atoms with Crippen molar-refractivity contribution in [3.05, 3.63) is 34.8 Å². The van der Waals surface area contributed by atoms with Crippen LogP contribution in [0.4, 0.5) is 0 Å². The van der Waals surface area contributed by atoms with Gasteiger partial charge < -0.3 is 10.1 Å². The second-order valence-corrected chi connectivity index (χ2v) is 8.49. The van der Waals surface area contributed by atoms with Gasteiger partial charge >= 0.3 is 0 Å². The monoisotopic (exact) mass is 468 g/mol. The number of rotatable bonds is 7. The molecule has 2 aromatic rings. The van der Waals surface area contributed by atoms with Crippen molar-refractivity contribution in [2.24, 2.45) is 0 Å². The fourth-order valence-electron chi connectivity index (χ4n) is 2.30. The molecule has 0 bridgehead atoms. The predicted molar refractivity (Wildman–Crippen MR) is 117 cm³/mol. The Morgan fingerprint density at radius 1 is 1.44 bits per heavy atom. The molecule has 1 aromatic carbocycles. The smallest absolute Gasteiger partial charge is 0.272 e. The summed E-state index contributed by atoms with van der Waals surface area (Å²) < 4.78 is 6.58. The largest absolute Gasteiger partial charge is 0.452 e. The summed E-state index contributed by atoms with van der Waals surface area (Å²) in [7, 11) is 0. The highest BCUT2D eigenvalue weighted by Gasteiger charge is 2.26. The maximum Gasteiger partial charge on any atom is 0.272 e. The number of nitrogens with zero attached hydrogens (tertiary/aromatic N) is 1. The molecule has 1 atom stereocenters. The zero-order chi connectivity index (χ0) is 19.9. The lowest BCUT2D eigenvalue weighted by Crippen LogP contribution is -2.47. The first-order chi connectivity index (χ1) is 12.9. The van der Waals surface area contributed by atoms with Crippen LogP contribution in [-0.4, -0.2) is 34.0 Å². The Hall–Kier alpha value is -1.42. The van der Waals surface area contributed by atoms with Crippen LogP contribution in [0.5, 0.6) is 5.88 Å². The molecule has 1 N–H and O–H groups in total. The molecule has 0 aliphatic carbocycles. The SMILES string of the molecule is CSC(Oc1nc2ccccc2cc1Br)C(=O)NC(C)(C)C#CCCCCl. The molecule has 27 heavy (non-hydrogen) atoms. The van der Waals surface area contributed by atoms with E-state index >= 15 is 0 Å². The van der Waals surface area contributed by atoms with Crippen molar-refractivity contribution >= 4 is 56.1 Å². The number of benzene rings is 1. The van der Waals surface area contributed by atoms with Crippen LogP contribution in [0.3, 0.4) is 0 Å². The number of pyridine rings is 1. The van der Waals surface area contributed by atoms with Gasteiger partial charge in [0.15, 0.2) is 0 Å². The highest BCUT2D eigenvalue weighted by Crippen LogP contribution is 2.29. The molecule has 0 saturated heterocycles. The van der Waals surface area contributed by atoms with Gasteiger partial charge in [-0.3, -0.25) is 4.79 Å². The fraction of sp³-hybridized carbons (Fsp3) is 0.400. The van der Waals surface area contributed by atoms with Crippen LogP contribution in [-0.2, 0) is 4.79 Å². The maximum atomic E-state index is 12.7. The Morgan fingerprint density at radius 2 is 2.19 bits per heavy atom. The van der Waals surface area contributed by atoms with Crippen LogP contribution in [0.25, 0.3) is 10.9 Å². The Morgan fingerprint density at radius 3 is 2.89 bits per heavy atom. The number of unbranched alkanes of at least 4 members (excludes halogenated alkanes) is 1. The first-order valence-corrected chi connectivity index (χ1v) is 11.1. The van der Waals surface area contributed by atoms with Crippen LogP contribution >= 0.6 is 39.3 Å². The summed E-state index contributed by atoms with van der Waals surface area (Å²) in [5, 5.41) is 3.92. The van der Waals surface area contributed by atoms with Crippen LogP contribution in [0, 0.1) is 11.8 Å². The van der Waals surface area contributed by atoms with E-state index in [1.807, 2.05) is 50.4 Å². The van der Waals surface area contributed by atoms with Gasteiger partial charge in [0.05, 0.1) is 15.5 Å². The van der Waals surface area contributed by atoms with Gasteiger partial charge in [-0.2, -0.15) is 0 Å². The number of hydrogen-bond donors (Lipinski definition) is 1. The summed E-state index contributed by atoms with van der Waals surface area (Å²) in [4.78, 5) is 17.2. The third-order valence-electron chi connectivity index (χ3n) is 3.56. The average molecular weight is 470 g/mol. The standard InChI is InChI=1S/C20H22BrClN2O2S/c1-20(2,11-7-4-8-12-22)24-17(25)19(27-3)26-18-15(21)13-14-9-5-6-10-16(14)23-18/h5-6,9-10,13,19H,4,8,12H2,1-3H3,(H,24,25). The number of alkyl halides is 1. The molecule has 7 heteroatoms. The molecule has 0 spiro atoms. The average Bonchev–Trinajstić information content (AvgIpc) is 2.63. The number of amides is 1. The van der Waals surface area contributed by atoms with Crippen molar-refractivity contribution in [3.63, 3.8) is 0 Å². The van der Waals surface area contributed by atoms with Gasteiger partial charge in [0, 0.05) is 17.7 Å². The molecular weight excluding hydrogens is 448 g/mol. The molecule has 4 nitrogen and oxygen atoms in total. The number of nitrogens with one attached hydrogen (secondary N) is 1. The summed E-state index contributed by atoms with van der Waals surface area (Å²) >= 11 is 10.4. The Labute approximate surface area is 177 Å². The molecule has 144 valence electrons. The summed E-state index contributed by atoms with van der Waals surface area (Å²) in [6.07, 6.45) is 3.36. The lowest BCUT2D eigenvalue weighted by molar-refractivity contribution is -0.125. The number of fused-ring (bicyclic) bond motifs is 1. The highest BCUT2D eigenvalue weighted by molar-refractivity contribution is 9.10. The zero-order valence-electron chi connectivity index (χ0n) is 15.5. The van der Waals surface area contributed by atoms with E-state index in [0.717, 1.165) is 17.3 Å². The highest BCUT2D eigenvalue weighted by atomic mass is 79.9. The van der Waals surface area contributed by atoms with E-state index in [4.69, 9.17) is 16.3 Å². The number of hydrogen-bond acceptors (Lipinski definition) is 4. The molecule has 1 heterocycles. The molecule has 2 rings (SSSR count). The fourth-order valence-corrected chi connectivity index (χ4v) is 3.32. The molecule has 0 fully saturated rings. The van der Waals surface area contributed by atoms with Crippen molar-refractivity contribution in [1.29, 1.82) is 0 Å². The lowest BCUT2D eigenvalue weighted by atomic mass is 10.1. The van der Waals surface area contributed by atoms with Crippen molar-refractivity contribution in [2.45, 2.75) is 37.7 Å². The van der Waals surface area contributed by atoms with Gasteiger partial charge in [0.1, 0.15) is 0 Å². The minimum Gasteiger partial charge on any atom is -0.452 e. The van der Waals surface area contributed by atoms with E-state index in [2.05, 4.69) is 38.1 Å². The molecule has 0 radical (unpaired) electrons. The Bertz CT molecular complexity index is 864. The van der Waals surface area contributed by atoms with E-state index in [1.54, 1.807) is 0 Å². The second kappa shape index (κ2) is 10.2. The lowest BCUT2D eigenvalue weighted by Gasteiger charge is -2.24. The topological polar surface area (TPSA) is 51.2 Å². The van der Waals surface area contributed by atoms with E-state index < -0.39 is 11.0 Å². The van der Waals surface area contributed by atoms with Crippen molar-refractivity contribution in [1.82, 2.24) is 10.3 Å². The molecule has 0 saturated carbocycles. The Kier molecular flexibility index (Phi) is 8.28. The molecular formula is C20H22BrClN2O2S. The predicted octanol–water partition coefficient (Wildman–Crippen LogP) is 4.98. The zero-order valence-corrected chi connectivity index (χ0v) is 18.7. The van der Waals surface area contributed by atoms with Gasteiger partial charge in [-0.05, 0) is 54.6 Å². The number of carbonyl (C=O) groups is 1. The first kappa shape index (κ1) is 21.9. The first-order valence-electron chi connectivity index (χ1n) is 8.49. The van der Waals surface area contributed by atoms with Crippen molar-refractivity contribution < 1.29 is 9.53 Å². The summed E-state index contributed by atoms with van der Waals surface area (Å²) in [5.74, 6) is 6.84. The molecule has 1 aromatic heterocycles. The second-order valence-electron chi connectivity index (χ2n) is 6.36. The number of ether oxygens (including phenoxy) is 1. The van der Waals surface area contributed by atoms with Gasteiger partial charge in [0.25, 0.3) is 5.91 Å². The van der Waals surface area contributed by atoms with E-state index in [1.165, 1.54) is 11.8 Å². The molecule has 0 aliphatic rings. The minimum atomic E-state index is -0.737. The van der Waals surface area contributed by atoms with Crippen LogP contribution in [0.1, 0.15) is 26.7 Å². The third kappa shape index (κ3) is 6.60. The number of aromatic nitrogens is 1. The molecule has 1 amide bonds. The number of para-hydroxylation sites is 1. The van der Waals surface area contributed by atoms with Gasteiger partial charge in [0.2, 0.25) is 11.3 Å². The number of thioether (sulfide) groups is 1. The number of halogens is 2. The normalized spacial score (nSPS) is 12.2. The molecule has 0 aliphatic heterocycles. The molecule has 1 unspecified atom stereocenters. The van der Waals surface area contributed by atoms with Crippen molar-refractivity contribution in [2.75, 3.05) is 12.1 Å². The number of carbonyl (C=O) groups excluding carboxylic acids is 1. The maximum absolute atomic E-state index is 12.7. The Balaban J connectivity index is 2.10. The van der Waals surface area contributed by atoms with Crippen LogP contribution in [0.2, 0.25) is 0 Å². The third-order valence-corrected chi connectivity index (χ3v) is 5.14. The van der Waals surface area contributed by atoms with Crippen LogP contribution < -0.4 is 10.1 Å². The quantitative estimate of drug-likeness (QED) is 0.269. The summed E-state index contributed by atoms with van der Waals surface area (Å²) in [6.45, 7) is 3.72. The van der Waals surface area contributed by atoms with Crippen LogP contribution in [0.15, 0.2) is 34.8 Å². The van der Waals surface area contributed by atoms with E-state index in [-0.39, 0.29) is 5.91 Å². The van der Waals surface area contributed by atoms with Crippen molar-refractivity contribution in [3.8, 4) is 17.7 Å². The van der Waals surface area contributed by atoms with Gasteiger partial charge in [-0.15, -0.1) is 29.3 Å². The van der Waals surface area contributed by atoms with Gasteiger partial charge in [-0.1, -0.05) is 24.1 Å². The summed E-state index contributed by atoms with van der Waals surface area (Å²) in [6, 6.07) is 9.67. The minimum absolute atomic E-state index is 0.249.